The Morgan fingerprint density at radius 3 is 3.00 bits per heavy atom. The molecule has 2 aromatic rings. The van der Waals surface area contributed by atoms with Crippen LogP contribution in [0.2, 0.25) is 0 Å². The highest BCUT2D eigenvalue weighted by Crippen LogP contribution is 2.30. The molecule has 4 rings (SSSR count). The number of likely N-dealkylation sites (tertiary alicyclic amines) is 1. The maximum atomic E-state index is 11.9. The summed E-state index contributed by atoms with van der Waals surface area (Å²) in [5, 5.41) is 7.53. The van der Waals surface area contributed by atoms with Crippen LogP contribution in [0.1, 0.15) is 35.8 Å². The standard InChI is InChI=1S/C19H22N4O3/c1-22-10-15(9-20-22)19-21-16(12-26-19)13-5-6-14(17(8-13)25-2)11-23-7-3-4-18(23)24/h5-6,8-10,12,19,21H,3-4,7,11H2,1-2H3. The van der Waals surface area contributed by atoms with E-state index in [1.165, 1.54) is 0 Å². The first-order chi connectivity index (χ1) is 12.6. The second kappa shape index (κ2) is 6.74. The Hall–Kier alpha value is -2.96. The molecule has 7 heteroatoms. The normalized spacial score (nSPS) is 19.3. The van der Waals surface area contributed by atoms with Gasteiger partial charge in [0.25, 0.3) is 0 Å². The van der Waals surface area contributed by atoms with E-state index in [0.29, 0.717) is 13.0 Å². The second-order valence-corrected chi connectivity index (χ2v) is 6.58. The van der Waals surface area contributed by atoms with Crippen molar-refractivity contribution in [1.82, 2.24) is 20.0 Å². The van der Waals surface area contributed by atoms with Crippen molar-refractivity contribution in [2.75, 3.05) is 13.7 Å². The zero-order valence-corrected chi connectivity index (χ0v) is 14.9. The van der Waals surface area contributed by atoms with E-state index in [9.17, 15) is 4.79 Å². The first-order valence-corrected chi connectivity index (χ1v) is 8.70. The number of nitrogens with zero attached hydrogens (tertiary/aromatic N) is 3. The zero-order chi connectivity index (χ0) is 18.1. The predicted molar refractivity (Wildman–Crippen MR) is 95.8 cm³/mol. The fourth-order valence-electron chi connectivity index (χ4n) is 3.35. The Bertz CT molecular complexity index is 858. The summed E-state index contributed by atoms with van der Waals surface area (Å²) in [6.45, 7) is 1.40. The molecule has 1 saturated heterocycles. The molecule has 0 spiro atoms. The summed E-state index contributed by atoms with van der Waals surface area (Å²) in [4.78, 5) is 13.8. The van der Waals surface area contributed by atoms with Gasteiger partial charge in [-0.1, -0.05) is 12.1 Å². The van der Waals surface area contributed by atoms with Crippen LogP contribution in [0.4, 0.5) is 0 Å². The van der Waals surface area contributed by atoms with Gasteiger partial charge in [-0.25, -0.2) is 0 Å². The molecule has 0 saturated carbocycles. The van der Waals surface area contributed by atoms with Crippen molar-refractivity contribution in [3.8, 4) is 5.75 Å². The third-order valence-corrected chi connectivity index (χ3v) is 4.77. The number of hydrogen-bond donors (Lipinski definition) is 1. The van der Waals surface area contributed by atoms with Gasteiger partial charge in [-0.2, -0.15) is 5.10 Å². The van der Waals surface area contributed by atoms with Gasteiger partial charge in [0, 0.05) is 43.9 Å². The number of benzene rings is 1. The highest BCUT2D eigenvalue weighted by Gasteiger charge is 2.24. The molecule has 2 aliphatic rings. The molecule has 0 aliphatic carbocycles. The highest BCUT2D eigenvalue weighted by molar-refractivity contribution is 5.78. The monoisotopic (exact) mass is 354 g/mol. The van der Waals surface area contributed by atoms with Crippen molar-refractivity contribution < 1.29 is 14.3 Å². The fourth-order valence-corrected chi connectivity index (χ4v) is 3.35. The fraction of sp³-hybridized carbons (Fsp3) is 0.368. The average molecular weight is 354 g/mol. The van der Waals surface area contributed by atoms with Gasteiger partial charge in [0.15, 0.2) is 6.23 Å². The molecule has 1 amide bonds. The number of nitrogens with one attached hydrogen (secondary N) is 1. The largest absolute Gasteiger partial charge is 0.496 e. The SMILES string of the molecule is COc1cc(C2=COC(c3cnn(C)c3)N2)ccc1CN1CCCC1=O. The Morgan fingerprint density at radius 2 is 2.31 bits per heavy atom. The number of methoxy groups -OCH3 is 1. The molecule has 1 unspecified atom stereocenters. The number of hydrogen-bond acceptors (Lipinski definition) is 5. The molecule has 0 radical (unpaired) electrons. The Labute approximate surface area is 152 Å². The summed E-state index contributed by atoms with van der Waals surface area (Å²) < 4.78 is 13.0. The maximum Gasteiger partial charge on any atom is 0.222 e. The predicted octanol–water partition coefficient (Wildman–Crippen LogP) is 2.17. The maximum absolute atomic E-state index is 11.9. The molecule has 1 atom stereocenters. The van der Waals surface area contributed by atoms with E-state index in [4.69, 9.17) is 9.47 Å². The van der Waals surface area contributed by atoms with Crippen LogP contribution in [0, 0.1) is 0 Å². The van der Waals surface area contributed by atoms with Gasteiger partial charge in [0.1, 0.15) is 12.0 Å². The summed E-state index contributed by atoms with van der Waals surface area (Å²) in [6.07, 6.45) is 6.76. The number of carbonyl (C=O) groups excluding carboxylic acids is 1. The molecule has 1 N–H and O–H groups in total. The Morgan fingerprint density at radius 1 is 1.42 bits per heavy atom. The molecule has 0 bridgehead atoms. The first kappa shape index (κ1) is 16.5. The van der Waals surface area contributed by atoms with Crippen LogP contribution in [0.15, 0.2) is 36.9 Å². The van der Waals surface area contributed by atoms with Crippen LogP contribution in [0.5, 0.6) is 5.75 Å². The van der Waals surface area contributed by atoms with Gasteiger partial charge >= 0.3 is 0 Å². The summed E-state index contributed by atoms with van der Waals surface area (Å²) in [5.41, 5.74) is 3.84. The third-order valence-electron chi connectivity index (χ3n) is 4.77. The quantitative estimate of drug-likeness (QED) is 0.891. The molecule has 1 aromatic carbocycles. The minimum absolute atomic E-state index is 0.212. The molecule has 1 fully saturated rings. The number of carbonyl (C=O) groups is 1. The minimum atomic E-state index is -0.244. The summed E-state index contributed by atoms with van der Waals surface area (Å²) in [7, 11) is 3.53. The van der Waals surface area contributed by atoms with E-state index in [-0.39, 0.29) is 12.1 Å². The Balaban J connectivity index is 1.50. The highest BCUT2D eigenvalue weighted by atomic mass is 16.5. The molecular formula is C19H22N4O3. The van der Waals surface area contributed by atoms with Gasteiger partial charge in [0.2, 0.25) is 5.91 Å². The molecule has 2 aliphatic heterocycles. The van der Waals surface area contributed by atoms with E-state index in [1.54, 1.807) is 24.3 Å². The van der Waals surface area contributed by atoms with E-state index >= 15 is 0 Å². The molecule has 1 aromatic heterocycles. The third kappa shape index (κ3) is 3.12. The van der Waals surface area contributed by atoms with Gasteiger partial charge in [0.05, 0.1) is 24.6 Å². The van der Waals surface area contributed by atoms with Crippen molar-refractivity contribution in [2.45, 2.75) is 25.6 Å². The van der Waals surface area contributed by atoms with Crippen molar-refractivity contribution in [3.05, 3.63) is 53.5 Å². The molecule has 136 valence electrons. The van der Waals surface area contributed by atoms with Crippen LogP contribution in [0.25, 0.3) is 5.70 Å². The summed E-state index contributed by atoms with van der Waals surface area (Å²) in [6, 6.07) is 6.01. The molecule has 3 heterocycles. The first-order valence-electron chi connectivity index (χ1n) is 8.70. The number of rotatable bonds is 5. The second-order valence-electron chi connectivity index (χ2n) is 6.58. The lowest BCUT2D eigenvalue weighted by atomic mass is 10.1. The van der Waals surface area contributed by atoms with Gasteiger partial charge < -0.3 is 19.7 Å². The van der Waals surface area contributed by atoms with Gasteiger partial charge in [-0.3, -0.25) is 9.48 Å². The van der Waals surface area contributed by atoms with Crippen LogP contribution >= 0.6 is 0 Å². The minimum Gasteiger partial charge on any atom is -0.496 e. The van der Waals surface area contributed by atoms with Crippen LogP contribution in [0.3, 0.4) is 0 Å². The van der Waals surface area contributed by atoms with E-state index in [0.717, 1.165) is 41.1 Å². The van der Waals surface area contributed by atoms with Crippen molar-refractivity contribution in [1.29, 1.82) is 0 Å². The lowest BCUT2D eigenvalue weighted by Gasteiger charge is -2.18. The Kier molecular flexibility index (Phi) is 4.28. The van der Waals surface area contributed by atoms with E-state index in [1.807, 2.05) is 36.3 Å². The number of amides is 1. The van der Waals surface area contributed by atoms with E-state index in [2.05, 4.69) is 10.4 Å². The van der Waals surface area contributed by atoms with Crippen molar-refractivity contribution in [3.63, 3.8) is 0 Å². The molecule has 7 nitrogen and oxygen atoms in total. The summed E-state index contributed by atoms with van der Waals surface area (Å²) >= 11 is 0. The zero-order valence-electron chi connectivity index (χ0n) is 14.9. The average Bonchev–Trinajstić information content (AvgIpc) is 3.37. The van der Waals surface area contributed by atoms with Crippen LogP contribution in [-0.2, 0) is 23.1 Å². The number of ether oxygens (including phenoxy) is 2. The number of aryl methyl sites for hydroxylation is 1. The van der Waals surface area contributed by atoms with Crippen LogP contribution in [-0.4, -0.2) is 34.2 Å². The lowest BCUT2D eigenvalue weighted by molar-refractivity contribution is -0.128. The van der Waals surface area contributed by atoms with Crippen molar-refractivity contribution in [2.24, 2.45) is 7.05 Å². The van der Waals surface area contributed by atoms with Crippen molar-refractivity contribution >= 4 is 11.6 Å². The summed E-state index contributed by atoms with van der Waals surface area (Å²) in [5.74, 6) is 0.985. The van der Waals surface area contributed by atoms with Gasteiger partial charge in [-0.15, -0.1) is 0 Å². The van der Waals surface area contributed by atoms with E-state index < -0.39 is 0 Å². The smallest absolute Gasteiger partial charge is 0.222 e. The molecule has 26 heavy (non-hydrogen) atoms. The van der Waals surface area contributed by atoms with Gasteiger partial charge in [-0.05, 0) is 12.5 Å². The topological polar surface area (TPSA) is 68.6 Å². The van der Waals surface area contributed by atoms with Crippen LogP contribution < -0.4 is 10.1 Å². The molecular weight excluding hydrogens is 332 g/mol. The number of aromatic nitrogens is 2. The lowest BCUT2D eigenvalue weighted by Crippen LogP contribution is -2.24.